The third-order valence-corrected chi connectivity index (χ3v) is 8.72. The fourth-order valence-corrected chi connectivity index (χ4v) is 6.60. The van der Waals surface area contributed by atoms with E-state index in [-0.39, 0.29) is 17.9 Å². The van der Waals surface area contributed by atoms with Crippen molar-refractivity contribution in [2.45, 2.75) is 57.5 Å². The van der Waals surface area contributed by atoms with Crippen LogP contribution in [0.2, 0.25) is 0 Å². The van der Waals surface area contributed by atoms with Gasteiger partial charge in [-0.2, -0.15) is 0 Å². The minimum absolute atomic E-state index is 0.0138. The van der Waals surface area contributed by atoms with Crippen molar-refractivity contribution in [2.75, 3.05) is 19.6 Å². The molecule has 0 radical (unpaired) electrons. The first kappa shape index (κ1) is 20.3. The molecule has 1 aromatic rings. The molecule has 6 rings (SSSR count). The van der Waals surface area contributed by atoms with Gasteiger partial charge in [0.15, 0.2) is 0 Å². The smallest absolute Gasteiger partial charge is 0.251 e. The molecule has 32 heavy (non-hydrogen) atoms. The molecule has 5 aliphatic rings. The van der Waals surface area contributed by atoms with Gasteiger partial charge in [-0.05, 0) is 79.9 Å². The molecule has 0 aromatic heterocycles. The van der Waals surface area contributed by atoms with Crippen LogP contribution in [-0.4, -0.2) is 42.5 Å². The van der Waals surface area contributed by atoms with Crippen molar-refractivity contribution in [1.82, 2.24) is 10.2 Å². The topological polar surface area (TPSA) is 58.6 Å². The molecule has 4 fully saturated rings. The lowest BCUT2D eigenvalue weighted by Crippen LogP contribution is -2.42. The maximum absolute atomic E-state index is 12.7. The second-order valence-electron chi connectivity index (χ2n) is 10.7. The van der Waals surface area contributed by atoms with Crippen LogP contribution < -0.4 is 10.1 Å². The molecule has 3 atom stereocenters. The number of allylic oxidation sites excluding steroid dienone is 2. The average Bonchev–Trinajstić information content (AvgIpc) is 3.73. The van der Waals surface area contributed by atoms with Gasteiger partial charge in [0, 0.05) is 44.0 Å². The minimum atomic E-state index is -0.0138. The normalized spacial score (nSPS) is 30.0. The molecule has 5 heteroatoms. The molecular weight excluding hydrogens is 400 g/mol. The summed E-state index contributed by atoms with van der Waals surface area (Å²) in [4.78, 5) is 26.9. The lowest BCUT2D eigenvalue weighted by atomic mass is 9.87. The Kier molecular flexibility index (Phi) is 5.03. The quantitative estimate of drug-likeness (QED) is 0.655. The standard InChI is InChI=1S/C27H34N2O3/c30-25(28-13-8-19-16-21-6-7-24(19)27(21)11-12-27)20-2-1-3-23(17-20)32-22-9-14-29(15-10-22)26(31)18-4-5-18/h1-3,6-7,17-19,21-22,24H,4-5,8-16H2,(H,28,30). The number of nitrogens with zero attached hydrogens (tertiary/aromatic N) is 1. The summed E-state index contributed by atoms with van der Waals surface area (Å²) in [5.41, 5.74) is 1.29. The van der Waals surface area contributed by atoms with Gasteiger partial charge in [-0.3, -0.25) is 9.59 Å². The van der Waals surface area contributed by atoms with Gasteiger partial charge >= 0.3 is 0 Å². The maximum Gasteiger partial charge on any atom is 0.251 e. The number of carbonyl (C=O) groups excluding carboxylic acids is 2. The Labute approximate surface area is 190 Å². The first-order valence-corrected chi connectivity index (χ1v) is 12.6. The number of piperidine rings is 1. The highest BCUT2D eigenvalue weighted by Crippen LogP contribution is 2.70. The molecule has 5 nitrogen and oxygen atoms in total. The van der Waals surface area contributed by atoms with Crippen LogP contribution in [0, 0.1) is 29.1 Å². The van der Waals surface area contributed by atoms with Crippen LogP contribution in [0.1, 0.15) is 61.7 Å². The van der Waals surface area contributed by atoms with Gasteiger partial charge in [0.25, 0.3) is 5.91 Å². The van der Waals surface area contributed by atoms with Crippen LogP contribution in [-0.2, 0) is 4.79 Å². The zero-order valence-corrected chi connectivity index (χ0v) is 18.8. The van der Waals surface area contributed by atoms with Crippen molar-refractivity contribution in [3.05, 3.63) is 42.0 Å². The number of carbonyl (C=O) groups is 2. The van der Waals surface area contributed by atoms with Crippen molar-refractivity contribution in [1.29, 1.82) is 0 Å². The van der Waals surface area contributed by atoms with Crippen LogP contribution in [0.25, 0.3) is 0 Å². The number of likely N-dealkylation sites (tertiary alicyclic amines) is 1. The number of hydrogen-bond acceptors (Lipinski definition) is 3. The largest absolute Gasteiger partial charge is 0.490 e. The zero-order chi connectivity index (χ0) is 21.7. The van der Waals surface area contributed by atoms with Gasteiger partial charge in [-0.15, -0.1) is 0 Å². The molecule has 1 N–H and O–H groups in total. The van der Waals surface area contributed by atoms with Crippen LogP contribution in [0.15, 0.2) is 36.4 Å². The monoisotopic (exact) mass is 434 g/mol. The van der Waals surface area contributed by atoms with E-state index in [0.717, 1.165) is 75.2 Å². The zero-order valence-electron chi connectivity index (χ0n) is 18.8. The van der Waals surface area contributed by atoms with Gasteiger partial charge < -0.3 is 15.0 Å². The van der Waals surface area contributed by atoms with E-state index < -0.39 is 0 Å². The SMILES string of the molecule is O=C(NCCC1CC2C=CC1C21CC1)c1cccc(OC2CCN(C(=O)C3CC3)CC2)c1. The molecule has 1 aromatic carbocycles. The summed E-state index contributed by atoms with van der Waals surface area (Å²) in [5.74, 6) is 3.65. The van der Waals surface area contributed by atoms with Crippen molar-refractivity contribution in [3.63, 3.8) is 0 Å². The minimum Gasteiger partial charge on any atom is -0.490 e. The Morgan fingerprint density at radius 1 is 1.09 bits per heavy atom. The average molecular weight is 435 g/mol. The predicted octanol–water partition coefficient (Wildman–Crippen LogP) is 4.19. The molecule has 3 unspecified atom stereocenters. The first-order valence-electron chi connectivity index (χ1n) is 12.6. The van der Waals surface area contributed by atoms with E-state index in [2.05, 4.69) is 17.5 Å². The molecule has 2 bridgehead atoms. The Hall–Kier alpha value is -2.30. The highest BCUT2D eigenvalue weighted by atomic mass is 16.5. The Balaban J connectivity index is 0.972. The maximum atomic E-state index is 12.7. The first-order chi connectivity index (χ1) is 15.6. The molecule has 170 valence electrons. The number of benzene rings is 1. The van der Waals surface area contributed by atoms with Gasteiger partial charge in [0.1, 0.15) is 11.9 Å². The summed E-state index contributed by atoms with van der Waals surface area (Å²) in [5, 5.41) is 3.14. The third kappa shape index (κ3) is 3.74. The highest BCUT2D eigenvalue weighted by Gasteiger charge is 2.62. The van der Waals surface area contributed by atoms with Crippen LogP contribution in [0.4, 0.5) is 0 Å². The summed E-state index contributed by atoms with van der Waals surface area (Å²) in [6.45, 7) is 2.30. The Morgan fingerprint density at radius 3 is 2.62 bits per heavy atom. The molecule has 4 aliphatic carbocycles. The van der Waals surface area contributed by atoms with Crippen molar-refractivity contribution in [3.8, 4) is 5.75 Å². The van der Waals surface area contributed by atoms with Crippen molar-refractivity contribution in [2.24, 2.45) is 29.1 Å². The number of amides is 2. The molecule has 1 heterocycles. The number of ether oxygens (including phenoxy) is 1. The van der Waals surface area contributed by atoms with Crippen LogP contribution in [0.3, 0.4) is 0 Å². The summed E-state index contributed by atoms with van der Waals surface area (Å²) in [6.07, 6.45) is 14.0. The number of rotatable bonds is 7. The van der Waals surface area contributed by atoms with Crippen molar-refractivity contribution < 1.29 is 14.3 Å². The molecular formula is C27H34N2O3. The summed E-state index contributed by atoms with van der Waals surface area (Å²) >= 11 is 0. The van der Waals surface area contributed by atoms with Gasteiger partial charge in [0.05, 0.1) is 0 Å². The van der Waals surface area contributed by atoms with E-state index >= 15 is 0 Å². The summed E-state index contributed by atoms with van der Waals surface area (Å²) in [6, 6.07) is 7.54. The fourth-order valence-electron chi connectivity index (χ4n) is 6.60. The molecule has 1 saturated heterocycles. The van der Waals surface area contributed by atoms with E-state index in [9.17, 15) is 9.59 Å². The number of nitrogens with one attached hydrogen (secondary N) is 1. The molecule has 1 aliphatic heterocycles. The number of hydrogen-bond donors (Lipinski definition) is 1. The highest BCUT2D eigenvalue weighted by molar-refractivity contribution is 5.94. The van der Waals surface area contributed by atoms with Gasteiger partial charge in [-0.25, -0.2) is 0 Å². The molecule has 3 saturated carbocycles. The Morgan fingerprint density at radius 2 is 1.91 bits per heavy atom. The van der Waals surface area contributed by atoms with E-state index in [1.807, 2.05) is 29.2 Å². The molecule has 1 spiro atoms. The van der Waals surface area contributed by atoms with E-state index in [4.69, 9.17) is 4.74 Å². The second kappa shape index (κ2) is 7.93. The lowest BCUT2D eigenvalue weighted by Gasteiger charge is -2.32. The van der Waals surface area contributed by atoms with Gasteiger partial charge in [0.2, 0.25) is 5.91 Å². The van der Waals surface area contributed by atoms with Crippen molar-refractivity contribution >= 4 is 11.8 Å². The van der Waals surface area contributed by atoms with Crippen LogP contribution >= 0.6 is 0 Å². The molecule has 2 amide bonds. The fraction of sp³-hybridized carbons (Fsp3) is 0.630. The van der Waals surface area contributed by atoms with E-state index in [0.29, 0.717) is 16.9 Å². The third-order valence-electron chi connectivity index (χ3n) is 8.72. The van der Waals surface area contributed by atoms with Crippen LogP contribution in [0.5, 0.6) is 5.75 Å². The second-order valence-corrected chi connectivity index (χ2v) is 10.7. The lowest BCUT2D eigenvalue weighted by molar-refractivity contribution is -0.134. The summed E-state index contributed by atoms with van der Waals surface area (Å²) < 4.78 is 6.17. The predicted molar refractivity (Wildman–Crippen MR) is 122 cm³/mol. The van der Waals surface area contributed by atoms with Gasteiger partial charge in [-0.1, -0.05) is 18.2 Å². The van der Waals surface area contributed by atoms with E-state index in [1.54, 1.807) is 0 Å². The Bertz CT molecular complexity index is 925. The summed E-state index contributed by atoms with van der Waals surface area (Å²) in [7, 11) is 0. The van der Waals surface area contributed by atoms with E-state index in [1.165, 1.54) is 19.3 Å².